The molecule has 1 aromatic carbocycles. The molecule has 0 spiro atoms. The van der Waals surface area contributed by atoms with E-state index in [0.717, 1.165) is 70.3 Å². The van der Waals surface area contributed by atoms with Crippen LogP contribution in [-0.2, 0) is 4.74 Å². The van der Waals surface area contributed by atoms with E-state index in [0.29, 0.717) is 29.5 Å². The Morgan fingerprint density at radius 2 is 1.70 bits per heavy atom. The molecular formula is C24H31N7O2. The maximum Gasteiger partial charge on any atom is 0.246 e. The van der Waals surface area contributed by atoms with Crippen molar-refractivity contribution in [1.82, 2.24) is 29.7 Å². The molecule has 33 heavy (non-hydrogen) atoms. The van der Waals surface area contributed by atoms with Crippen molar-refractivity contribution in [2.45, 2.75) is 6.92 Å². The second-order valence-electron chi connectivity index (χ2n) is 8.68. The molecule has 0 atom stereocenters. The summed E-state index contributed by atoms with van der Waals surface area (Å²) in [6, 6.07) is 8.45. The Hall–Kier alpha value is -2.88. The molecule has 9 nitrogen and oxygen atoms in total. The summed E-state index contributed by atoms with van der Waals surface area (Å²) in [5, 5.41) is 0. The Morgan fingerprint density at radius 3 is 2.45 bits per heavy atom. The van der Waals surface area contributed by atoms with Crippen molar-refractivity contribution < 1.29 is 9.47 Å². The fraction of sp³-hybridized carbons (Fsp3) is 0.500. The van der Waals surface area contributed by atoms with Gasteiger partial charge < -0.3 is 19.3 Å². The third-order valence-electron chi connectivity index (χ3n) is 6.24. The number of hydrogen-bond donors (Lipinski definition) is 0. The molecule has 9 heteroatoms. The number of nitrogens with zero attached hydrogens (tertiary/aromatic N) is 7. The van der Waals surface area contributed by atoms with Crippen LogP contribution in [0.3, 0.4) is 0 Å². The van der Waals surface area contributed by atoms with Crippen LogP contribution in [0.4, 0.5) is 5.69 Å². The van der Waals surface area contributed by atoms with Crippen molar-refractivity contribution >= 4 is 16.9 Å². The van der Waals surface area contributed by atoms with Gasteiger partial charge in [0.05, 0.1) is 25.1 Å². The maximum absolute atomic E-state index is 6.12. The number of anilines is 1. The van der Waals surface area contributed by atoms with Gasteiger partial charge in [-0.05, 0) is 38.2 Å². The lowest BCUT2D eigenvalue weighted by atomic mass is 10.1. The molecule has 0 N–H and O–H groups in total. The third-order valence-corrected chi connectivity index (χ3v) is 6.24. The second-order valence-corrected chi connectivity index (χ2v) is 8.68. The van der Waals surface area contributed by atoms with Crippen LogP contribution in [0.5, 0.6) is 5.88 Å². The van der Waals surface area contributed by atoms with Gasteiger partial charge in [-0.3, -0.25) is 4.90 Å². The molecule has 0 radical (unpaired) electrons. The third kappa shape index (κ3) is 5.21. The van der Waals surface area contributed by atoms with E-state index in [1.165, 1.54) is 5.69 Å². The van der Waals surface area contributed by atoms with Gasteiger partial charge >= 0.3 is 0 Å². The average molecular weight is 450 g/mol. The molecular weight excluding hydrogens is 418 g/mol. The number of piperazine rings is 1. The van der Waals surface area contributed by atoms with Gasteiger partial charge in [-0.2, -0.15) is 4.98 Å². The summed E-state index contributed by atoms with van der Waals surface area (Å²) in [5.74, 6) is 1.09. The molecule has 174 valence electrons. The van der Waals surface area contributed by atoms with Gasteiger partial charge in [0.25, 0.3) is 0 Å². The molecule has 2 aromatic heterocycles. The number of rotatable bonds is 6. The minimum atomic E-state index is 0.489. The van der Waals surface area contributed by atoms with Gasteiger partial charge in [0, 0.05) is 57.1 Å². The van der Waals surface area contributed by atoms with E-state index in [2.05, 4.69) is 61.0 Å². The smallest absolute Gasteiger partial charge is 0.246 e. The fourth-order valence-electron chi connectivity index (χ4n) is 4.18. The van der Waals surface area contributed by atoms with E-state index in [1.807, 2.05) is 6.92 Å². The van der Waals surface area contributed by atoms with Crippen molar-refractivity contribution in [3.63, 3.8) is 0 Å². The van der Waals surface area contributed by atoms with Crippen LogP contribution in [0.1, 0.15) is 5.69 Å². The normalized spacial score (nSPS) is 18.1. The highest BCUT2D eigenvalue weighted by molar-refractivity contribution is 5.78. The molecule has 0 bridgehead atoms. The molecule has 0 saturated carbocycles. The highest BCUT2D eigenvalue weighted by Gasteiger charge is 2.17. The maximum atomic E-state index is 6.12. The number of benzene rings is 1. The number of hydrogen-bond acceptors (Lipinski definition) is 9. The Labute approximate surface area is 194 Å². The van der Waals surface area contributed by atoms with Crippen LogP contribution in [0.25, 0.3) is 22.6 Å². The summed E-state index contributed by atoms with van der Waals surface area (Å²) in [4.78, 5) is 25.6. The van der Waals surface area contributed by atoms with Crippen molar-refractivity contribution in [3.05, 3.63) is 36.2 Å². The van der Waals surface area contributed by atoms with E-state index < -0.39 is 0 Å². The molecule has 3 aromatic rings. The Balaban J connectivity index is 1.36. The average Bonchev–Trinajstić information content (AvgIpc) is 2.85. The van der Waals surface area contributed by atoms with Gasteiger partial charge in [0.2, 0.25) is 5.88 Å². The predicted molar refractivity (Wildman–Crippen MR) is 128 cm³/mol. The summed E-state index contributed by atoms with van der Waals surface area (Å²) in [5.41, 5.74) is 4.14. The van der Waals surface area contributed by atoms with Crippen LogP contribution >= 0.6 is 0 Å². The highest BCUT2D eigenvalue weighted by atomic mass is 16.5. The number of ether oxygens (including phenoxy) is 2. The SMILES string of the molecule is Cc1cnc2nc(-c3ccc(N4CCN(C)CC4)cc3)nc(OCCN3CCOCC3)c2n1. The van der Waals surface area contributed by atoms with Crippen molar-refractivity contribution in [1.29, 1.82) is 0 Å². The van der Waals surface area contributed by atoms with Gasteiger partial charge in [0.15, 0.2) is 17.0 Å². The lowest BCUT2D eigenvalue weighted by Crippen LogP contribution is -2.44. The van der Waals surface area contributed by atoms with E-state index >= 15 is 0 Å². The molecule has 2 aliphatic rings. The zero-order chi connectivity index (χ0) is 22.6. The van der Waals surface area contributed by atoms with Crippen LogP contribution in [0.15, 0.2) is 30.5 Å². The summed E-state index contributed by atoms with van der Waals surface area (Å²) < 4.78 is 11.5. The second kappa shape index (κ2) is 9.94. The number of morpholine rings is 1. The predicted octanol–water partition coefficient (Wildman–Crippen LogP) is 1.86. The zero-order valence-corrected chi connectivity index (χ0v) is 19.4. The molecule has 0 unspecified atom stereocenters. The summed E-state index contributed by atoms with van der Waals surface area (Å²) in [7, 11) is 2.17. The molecule has 0 aliphatic carbocycles. The first-order chi connectivity index (χ1) is 16.2. The van der Waals surface area contributed by atoms with Gasteiger partial charge in [-0.25, -0.2) is 15.0 Å². The zero-order valence-electron chi connectivity index (χ0n) is 19.4. The lowest BCUT2D eigenvalue weighted by Gasteiger charge is -2.34. The molecule has 4 heterocycles. The Morgan fingerprint density at radius 1 is 0.939 bits per heavy atom. The first kappa shape index (κ1) is 21.9. The first-order valence-corrected chi connectivity index (χ1v) is 11.6. The summed E-state index contributed by atoms with van der Waals surface area (Å²) in [6.07, 6.45) is 1.73. The van der Waals surface area contributed by atoms with Crippen LogP contribution in [0, 0.1) is 6.92 Å². The monoisotopic (exact) mass is 449 g/mol. The van der Waals surface area contributed by atoms with Crippen molar-refractivity contribution in [2.24, 2.45) is 0 Å². The van der Waals surface area contributed by atoms with E-state index in [9.17, 15) is 0 Å². The van der Waals surface area contributed by atoms with E-state index in [4.69, 9.17) is 14.5 Å². The number of aryl methyl sites for hydroxylation is 1. The standard InChI is InChI=1S/C24H31N7O2/c1-18-17-25-23-21(26-18)24(33-16-13-30-11-14-32-15-12-30)28-22(27-23)19-3-5-20(6-4-19)31-9-7-29(2)8-10-31/h3-6,17H,7-16H2,1-2H3. The van der Waals surface area contributed by atoms with Gasteiger partial charge in [-0.15, -0.1) is 0 Å². The van der Waals surface area contributed by atoms with Crippen molar-refractivity contribution in [3.8, 4) is 17.3 Å². The lowest BCUT2D eigenvalue weighted by molar-refractivity contribution is 0.0321. The summed E-state index contributed by atoms with van der Waals surface area (Å²) >= 11 is 0. The van der Waals surface area contributed by atoms with Crippen LogP contribution in [0.2, 0.25) is 0 Å². The number of likely N-dealkylation sites (N-methyl/N-ethyl adjacent to an activating group) is 1. The first-order valence-electron chi connectivity index (χ1n) is 11.6. The quantitative estimate of drug-likeness (QED) is 0.560. The molecule has 0 amide bonds. The number of fused-ring (bicyclic) bond motifs is 1. The minimum Gasteiger partial charge on any atom is -0.475 e. The molecule has 2 fully saturated rings. The highest BCUT2D eigenvalue weighted by Crippen LogP contribution is 2.26. The van der Waals surface area contributed by atoms with Crippen LogP contribution in [-0.4, -0.2) is 102 Å². The Kier molecular flexibility index (Phi) is 6.61. The fourth-order valence-corrected chi connectivity index (χ4v) is 4.18. The molecule has 2 saturated heterocycles. The van der Waals surface area contributed by atoms with Gasteiger partial charge in [-0.1, -0.05) is 0 Å². The van der Waals surface area contributed by atoms with Crippen LogP contribution < -0.4 is 9.64 Å². The summed E-state index contributed by atoms with van der Waals surface area (Å²) in [6.45, 7) is 10.9. The number of aromatic nitrogens is 4. The minimum absolute atomic E-state index is 0.489. The van der Waals surface area contributed by atoms with E-state index in [-0.39, 0.29) is 0 Å². The molecule has 2 aliphatic heterocycles. The van der Waals surface area contributed by atoms with Gasteiger partial charge in [0.1, 0.15) is 6.61 Å². The molecule has 5 rings (SSSR count). The largest absolute Gasteiger partial charge is 0.475 e. The topological polar surface area (TPSA) is 79.7 Å². The Bertz CT molecular complexity index is 1080. The van der Waals surface area contributed by atoms with E-state index in [1.54, 1.807) is 6.20 Å². The van der Waals surface area contributed by atoms with Crippen molar-refractivity contribution in [2.75, 3.05) is 77.6 Å².